The van der Waals surface area contributed by atoms with Crippen molar-refractivity contribution in [1.82, 2.24) is 4.98 Å². The third-order valence-electron chi connectivity index (χ3n) is 1.71. The van der Waals surface area contributed by atoms with Gasteiger partial charge in [-0.25, -0.2) is 4.98 Å². The molecule has 0 saturated heterocycles. The molecule has 2 aromatic rings. The van der Waals surface area contributed by atoms with Gasteiger partial charge in [0.2, 0.25) is 0 Å². The molecule has 0 amide bonds. The highest BCUT2D eigenvalue weighted by atomic mass is 32.1. The fourth-order valence-electron chi connectivity index (χ4n) is 1.13. The lowest BCUT2D eigenvalue weighted by atomic mass is 10.3. The summed E-state index contributed by atoms with van der Waals surface area (Å²) in [5.41, 5.74) is 2.30. The van der Waals surface area contributed by atoms with Crippen molar-refractivity contribution in [1.29, 1.82) is 0 Å². The highest BCUT2D eigenvalue weighted by Crippen LogP contribution is 2.36. The van der Waals surface area contributed by atoms with Crippen molar-refractivity contribution in [3.63, 3.8) is 0 Å². The molecule has 80 valence electrons. The number of hydrogen-bond acceptors (Lipinski definition) is 4. The molecule has 0 radical (unpaired) electrons. The number of fused-ring (bicyclic) bond motifs is 1. The molecule has 2 rings (SSSR count). The monoisotopic (exact) mass is 245 g/mol. The maximum absolute atomic E-state index is 10.6. The number of nitrogens with zero attached hydrogens (tertiary/aromatic N) is 1. The number of benzene rings is 1. The second kappa shape index (κ2) is 3.90. The van der Waals surface area contributed by atoms with Crippen LogP contribution in [0.3, 0.4) is 0 Å². The molecule has 0 aliphatic heterocycles. The fourth-order valence-corrected chi connectivity index (χ4v) is 2.13. The fraction of sp³-hybridized carbons (Fsp3) is 0.125. The molecule has 0 bridgehead atoms. The Balaban J connectivity index is 2.28. The molecule has 15 heavy (non-hydrogen) atoms. The van der Waals surface area contributed by atoms with E-state index in [1.165, 1.54) is 11.3 Å². The molecule has 0 spiro atoms. The summed E-state index contributed by atoms with van der Waals surface area (Å²) in [6.07, 6.45) is -0.621. The number of ether oxygens (including phenoxy) is 1. The molecule has 0 aliphatic carbocycles. The summed E-state index contributed by atoms with van der Waals surface area (Å²) in [5, 5.41) is 0. The van der Waals surface area contributed by atoms with E-state index < -0.39 is 13.9 Å². The molecule has 0 fully saturated rings. The minimum Gasteiger partial charge on any atom is -0.479 e. The zero-order valence-electron chi connectivity index (χ0n) is 7.53. The third-order valence-corrected chi connectivity index (χ3v) is 2.97. The first-order valence-corrected chi connectivity index (χ1v) is 6.73. The Hall–Kier alpha value is -0.940. The van der Waals surface area contributed by atoms with Crippen LogP contribution in [0.2, 0.25) is 0 Å². The van der Waals surface area contributed by atoms with Crippen LogP contribution in [-0.2, 0) is 4.57 Å². The third kappa shape index (κ3) is 2.54. The molecule has 5 nitrogen and oxygen atoms in total. The summed E-state index contributed by atoms with van der Waals surface area (Å²) in [7, 11) is -4.14. The van der Waals surface area contributed by atoms with E-state index in [0.29, 0.717) is 11.3 Å². The van der Waals surface area contributed by atoms with Crippen molar-refractivity contribution in [2.24, 2.45) is 0 Å². The SMILES string of the molecule is O=P(O)(O)COc1cccc2scnc12. The highest BCUT2D eigenvalue weighted by Gasteiger charge is 2.15. The van der Waals surface area contributed by atoms with E-state index in [4.69, 9.17) is 14.5 Å². The van der Waals surface area contributed by atoms with E-state index in [0.717, 1.165) is 4.70 Å². The summed E-state index contributed by atoms with van der Waals surface area (Å²) >= 11 is 1.45. The first kappa shape index (κ1) is 10.6. The topological polar surface area (TPSA) is 79.7 Å². The molecule has 1 aromatic carbocycles. The Morgan fingerprint density at radius 1 is 1.47 bits per heavy atom. The van der Waals surface area contributed by atoms with Gasteiger partial charge in [0.05, 0.1) is 10.2 Å². The Bertz CT molecular complexity index is 520. The van der Waals surface area contributed by atoms with Gasteiger partial charge in [-0.1, -0.05) is 6.07 Å². The van der Waals surface area contributed by atoms with Gasteiger partial charge >= 0.3 is 7.60 Å². The predicted molar refractivity (Wildman–Crippen MR) is 57.2 cm³/mol. The second-order valence-electron chi connectivity index (χ2n) is 2.89. The van der Waals surface area contributed by atoms with E-state index in [-0.39, 0.29) is 0 Å². The van der Waals surface area contributed by atoms with Gasteiger partial charge in [-0.05, 0) is 12.1 Å². The van der Waals surface area contributed by atoms with Crippen LogP contribution in [0.25, 0.3) is 10.2 Å². The molecule has 0 saturated carbocycles. The molecular formula is C8H8NO4PS. The number of thiazole rings is 1. The lowest BCUT2D eigenvalue weighted by Crippen LogP contribution is -1.98. The maximum Gasteiger partial charge on any atom is 0.362 e. The van der Waals surface area contributed by atoms with E-state index in [9.17, 15) is 4.57 Å². The maximum atomic E-state index is 10.6. The van der Waals surface area contributed by atoms with Gasteiger partial charge in [-0.15, -0.1) is 11.3 Å². The second-order valence-corrected chi connectivity index (χ2v) is 5.37. The summed E-state index contributed by atoms with van der Waals surface area (Å²) in [5.74, 6) is 0.400. The van der Waals surface area contributed by atoms with Gasteiger partial charge < -0.3 is 14.5 Å². The van der Waals surface area contributed by atoms with E-state index >= 15 is 0 Å². The summed E-state index contributed by atoms with van der Waals surface area (Å²) in [6, 6.07) is 5.27. The quantitative estimate of drug-likeness (QED) is 0.806. The molecule has 1 aromatic heterocycles. The number of para-hydroxylation sites is 1. The molecule has 0 atom stereocenters. The molecular weight excluding hydrogens is 237 g/mol. The Labute approximate surface area is 89.5 Å². The van der Waals surface area contributed by atoms with Crippen LogP contribution < -0.4 is 4.74 Å². The van der Waals surface area contributed by atoms with Gasteiger partial charge in [0.25, 0.3) is 0 Å². The minimum atomic E-state index is -4.14. The highest BCUT2D eigenvalue weighted by molar-refractivity contribution is 7.51. The first-order valence-electron chi connectivity index (χ1n) is 4.06. The van der Waals surface area contributed by atoms with Crippen LogP contribution >= 0.6 is 18.9 Å². The predicted octanol–water partition coefficient (Wildman–Crippen LogP) is 1.81. The van der Waals surface area contributed by atoms with Crippen molar-refractivity contribution >= 4 is 29.1 Å². The minimum absolute atomic E-state index is 0.400. The van der Waals surface area contributed by atoms with Crippen LogP contribution in [0.4, 0.5) is 0 Å². The van der Waals surface area contributed by atoms with Gasteiger partial charge in [0.1, 0.15) is 11.3 Å². The van der Waals surface area contributed by atoms with Crippen LogP contribution in [0.5, 0.6) is 5.75 Å². The number of hydrogen-bond donors (Lipinski definition) is 2. The van der Waals surface area contributed by atoms with Crippen LogP contribution in [0.15, 0.2) is 23.7 Å². The van der Waals surface area contributed by atoms with Crippen LogP contribution in [-0.4, -0.2) is 21.1 Å². The van der Waals surface area contributed by atoms with Crippen LogP contribution in [0, 0.1) is 0 Å². The zero-order chi connectivity index (χ0) is 10.9. The van der Waals surface area contributed by atoms with Gasteiger partial charge in [0, 0.05) is 0 Å². The summed E-state index contributed by atoms with van der Waals surface area (Å²) in [4.78, 5) is 21.4. The number of aromatic nitrogens is 1. The lowest BCUT2D eigenvalue weighted by molar-refractivity contribution is 0.302. The smallest absolute Gasteiger partial charge is 0.362 e. The zero-order valence-corrected chi connectivity index (χ0v) is 9.24. The van der Waals surface area contributed by atoms with Gasteiger partial charge in [-0.2, -0.15) is 0 Å². The Morgan fingerprint density at radius 2 is 2.27 bits per heavy atom. The largest absolute Gasteiger partial charge is 0.479 e. The van der Waals surface area contributed by atoms with Crippen molar-refractivity contribution < 1.29 is 19.1 Å². The van der Waals surface area contributed by atoms with E-state index in [1.54, 1.807) is 17.6 Å². The summed E-state index contributed by atoms with van der Waals surface area (Å²) < 4.78 is 16.6. The normalized spacial score (nSPS) is 11.9. The van der Waals surface area contributed by atoms with Crippen molar-refractivity contribution in [3.8, 4) is 5.75 Å². The Morgan fingerprint density at radius 3 is 3.00 bits per heavy atom. The average Bonchev–Trinajstić information content (AvgIpc) is 2.61. The Kier molecular flexibility index (Phi) is 2.75. The average molecular weight is 245 g/mol. The molecule has 2 N–H and O–H groups in total. The summed E-state index contributed by atoms with van der Waals surface area (Å²) in [6.45, 7) is 0. The van der Waals surface area contributed by atoms with Gasteiger partial charge in [-0.3, -0.25) is 4.57 Å². The lowest BCUT2D eigenvalue weighted by Gasteiger charge is -2.07. The molecule has 7 heteroatoms. The van der Waals surface area contributed by atoms with E-state index in [1.807, 2.05) is 6.07 Å². The van der Waals surface area contributed by atoms with Crippen molar-refractivity contribution in [2.75, 3.05) is 6.35 Å². The van der Waals surface area contributed by atoms with Crippen molar-refractivity contribution in [2.45, 2.75) is 0 Å². The van der Waals surface area contributed by atoms with E-state index in [2.05, 4.69) is 4.98 Å². The number of rotatable bonds is 3. The molecule has 0 unspecified atom stereocenters. The first-order chi connectivity index (χ1) is 7.06. The standard InChI is InChI=1S/C8H8NO4PS/c10-14(11,12)5-13-6-2-1-3-7-8(6)9-4-15-7/h1-4H,5H2,(H2,10,11,12). The van der Waals surface area contributed by atoms with Gasteiger partial charge in [0.15, 0.2) is 6.35 Å². The molecule has 1 heterocycles. The van der Waals surface area contributed by atoms with Crippen LogP contribution in [0.1, 0.15) is 0 Å². The molecule has 0 aliphatic rings. The van der Waals surface area contributed by atoms with Crippen molar-refractivity contribution in [3.05, 3.63) is 23.7 Å².